The lowest BCUT2D eigenvalue weighted by molar-refractivity contribution is -0.129. The molecule has 26 heavy (non-hydrogen) atoms. The molecule has 0 aliphatic rings. The van der Waals surface area contributed by atoms with E-state index in [1.165, 1.54) is 4.88 Å². The topological polar surface area (TPSA) is 58.1 Å². The number of fused-ring (bicyclic) bond motifs is 1. The van der Waals surface area contributed by atoms with Crippen molar-refractivity contribution < 1.29 is 4.79 Å². The molecule has 0 saturated carbocycles. The molecule has 0 aliphatic heterocycles. The summed E-state index contributed by atoms with van der Waals surface area (Å²) >= 11 is 1.69. The van der Waals surface area contributed by atoms with Crippen LogP contribution in [0.3, 0.4) is 0 Å². The number of benzene rings is 1. The molecule has 1 aromatic carbocycles. The van der Waals surface area contributed by atoms with Gasteiger partial charge in [-0.05, 0) is 31.9 Å². The summed E-state index contributed by atoms with van der Waals surface area (Å²) in [5.41, 5.74) is 1.13. The zero-order valence-electron chi connectivity index (χ0n) is 15.5. The van der Waals surface area contributed by atoms with Crippen LogP contribution in [0.4, 0.5) is 5.82 Å². The van der Waals surface area contributed by atoms with E-state index in [9.17, 15) is 4.79 Å². The number of nitrogens with one attached hydrogen (secondary N) is 1. The molecule has 136 valence electrons. The Morgan fingerprint density at radius 1 is 1.19 bits per heavy atom. The number of aromatic nitrogens is 2. The Labute approximate surface area is 158 Å². The Hall–Kier alpha value is -2.47. The molecule has 3 aromatic rings. The summed E-state index contributed by atoms with van der Waals surface area (Å²) < 4.78 is 0. The number of likely N-dealkylation sites (N-methyl/N-ethyl adjacent to an activating group) is 1. The minimum atomic E-state index is 0.0618. The zero-order chi connectivity index (χ0) is 18.5. The highest BCUT2D eigenvalue weighted by atomic mass is 32.1. The molecule has 2 aromatic heterocycles. The van der Waals surface area contributed by atoms with Gasteiger partial charge in [0.25, 0.3) is 0 Å². The number of anilines is 1. The van der Waals surface area contributed by atoms with Crippen LogP contribution in [0.2, 0.25) is 0 Å². The van der Waals surface area contributed by atoms with Gasteiger partial charge in [0.05, 0.1) is 11.9 Å². The summed E-state index contributed by atoms with van der Waals surface area (Å²) in [5, 5.41) is 4.23. The van der Waals surface area contributed by atoms with Gasteiger partial charge < -0.3 is 10.2 Å². The molecule has 3 rings (SSSR count). The minimum Gasteiger partial charge on any atom is -0.360 e. The van der Waals surface area contributed by atoms with E-state index in [0.717, 1.165) is 28.0 Å². The summed E-state index contributed by atoms with van der Waals surface area (Å²) in [5.74, 6) is 1.52. The van der Waals surface area contributed by atoms with Crippen LogP contribution < -0.4 is 5.32 Å². The van der Waals surface area contributed by atoms with Crippen molar-refractivity contribution in [1.29, 1.82) is 0 Å². The molecule has 0 radical (unpaired) electrons. The van der Waals surface area contributed by atoms with Crippen LogP contribution in [0.1, 0.15) is 30.1 Å². The summed E-state index contributed by atoms with van der Waals surface area (Å²) in [6.45, 7) is 7.53. The summed E-state index contributed by atoms with van der Waals surface area (Å²) in [4.78, 5) is 25.8. The predicted octanol–water partition coefficient (Wildman–Crippen LogP) is 4.02. The van der Waals surface area contributed by atoms with Crippen LogP contribution in [0.25, 0.3) is 10.2 Å². The number of carbonyl (C=O) groups excluding carboxylic acids is 1. The molecule has 1 amide bonds. The fourth-order valence-electron chi connectivity index (χ4n) is 2.84. The Balaban J connectivity index is 1.72. The second-order valence-corrected chi connectivity index (χ2v) is 7.27. The van der Waals surface area contributed by atoms with Crippen LogP contribution in [-0.2, 0) is 17.8 Å². The summed E-state index contributed by atoms with van der Waals surface area (Å²) in [6, 6.07) is 12.2. The molecule has 0 bridgehead atoms. The average molecular weight is 369 g/mol. The maximum absolute atomic E-state index is 12.7. The molecular formula is C20H24N4OS. The second kappa shape index (κ2) is 8.27. The van der Waals surface area contributed by atoms with Gasteiger partial charge in [0.2, 0.25) is 5.91 Å². The van der Waals surface area contributed by atoms with Crippen molar-refractivity contribution in [2.24, 2.45) is 0 Å². The molecule has 0 spiro atoms. The lowest BCUT2D eigenvalue weighted by Crippen LogP contribution is -2.35. The molecule has 2 heterocycles. The van der Waals surface area contributed by atoms with Crippen molar-refractivity contribution >= 4 is 33.3 Å². The standard InChI is InChI=1S/C20H24N4OS/c1-4-16-11-17-19(22-14(3)23-20(17)26-16)21-12-18(25)24(5-2)13-15-9-7-6-8-10-15/h6-11H,4-5,12-13H2,1-3H3,(H,21,22,23). The van der Waals surface area contributed by atoms with Gasteiger partial charge in [-0.1, -0.05) is 37.3 Å². The van der Waals surface area contributed by atoms with E-state index in [1.807, 2.05) is 49.1 Å². The third-order valence-corrected chi connectivity index (χ3v) is 5.44. The second-order valence-electron chi connectivity index (χ2n) is 6.15. The Kier molecular flexibility index (Phi) is 5.83. The SMILES string of the molecule is CCc1cc2c(NCC(=O)N(CC)Cc3ccccc3)nc(C)nc2s1. The fraction of sp³-hybridized carbons (Fsp3) is 0.350. The van der Waals surface area contributed by atoms with Crippen molar-refractivity contribution in [2.45, 2.75) is 33.7 Å². The van der Waals surface area contributed by atoms with E-state index in [0.29, 0.717) is 18.9 Å². The van der Waals surface area contributed by atoms with Crippen molar-refractivity contribution in [2.75, 3.05) is 18.4 Å². The number of nitrogens with zero attached hydrogens (tertiary/aromatic N) is 3. The Morgan fingerprint density at radius 3 is 2.65 bits per heavy atom. The molecular weight excluding hydrogens is 344 g/mol. The molecule has 0 saturated heterocycles. The minimum absolute atomic E-state index is 0.0618. The molecule has 0 fully saturated rings. The first-order valence-corrected chi connectivity index (χ1v) is 9.75. The normalized spacial score (nSPS) is 10.9. The van der Waals surface area contributed by atoms with Gasteiger partial charge in [0.15, 0.2) is 0 Å². The van der Waals surface area contributed by atoms with Crippen LogP contribution in [0.5, 0.6) is 0 Å². The molecule has 0 unspecified atom stereocenters. The average Bonchev–Trinajstić information content (AvgIpc) is 3.07. The summed E-state index contributed by atoms with van der Waals surface area (Å²) in [6.07, 6.45) is 0.971. The maximum atomic E-state index is 12.7. The molecule has 1 N–H and O–H groups in total. The molecule has 0 aliphatic carbocycles. The molecule has 5 nitrogen and oxygen atoms in total. The first-order valence-electron chi connectivity index (χ1n) is 8.93. The first-order chi connectivity index (χ1) is 12.6. The van der Waals surface area contributed by atoms with Crippen LogP contribution in [0, 0.1) is 6.92 Å². The number of rotatable bonds is 7. The molecule has 6 heteroatoms. The van der Waals surface area contributed by atoms with Gasteiger partial charge in [-0.3, -0.25) is 4.79 Å². The van der Waals surface area contributed by atoms with Crippen LogP contribution >= 0.6 is 11.3 Å². The number of aryl methyl sites for hydroxylation is 2. The van der Waals surface area contributed by atoms with E-state index in [2.05, 4.69) is 28.3 Å². The highest BCUT2D eigenvalue weighted by molar-refractivity contribution is 7.18. The van der Waals surface area contributed by atoms with Gasteiger partial charge in [-0.25, -0.2) is 9.97 Å². The third-order valence-electron chi connectivity index (χ3n) is 4.26. The van der Waals surface area contributed by atoms with Crippen LogP contribution in [-0.4, -0.2) is 33.9 Å². The predicted molar refractivity (Wildman–Crippen MR) is 108 cm³/mol. The van der Waals surface area contributed by atoms with E-state index in [4.69, 9.17) is 0 Å². The number of hydrogen-bond donors (Lipinski definition) is 1. The zero-order valence-corrected chi connectivity index (χ0v) is 16.3. The number of amides is 1. The van der Waals surface area contributed by atoms with Gasteiger partial charge >= 0.3 is 0 Å². The van der Waals surface area contributed by atoms with E-state index in [-0.39, 0.29) is 12.5 Å². The number of thiophene rings is 1. The Morgan fingerprint density at radius 2 is 1.96 bits per heavy atom. The first kappa shape index (κ1) is 18.3. The van der Waals surface area contributed by atoms with Gasteiger partial charge in [0.1, 0.15) is 16.5 Å². The third kappa shape index (κ3) is 4.19. The van der Waals surface area contributed by atoms with Crippen molar-refractivity contribution in [3.8, 4) is 0 Å². The lowest BCUT2D eigenvalue weighted by Gasteiger charge is -2.21. The largest absolute Gasteiger partial charge is 0.360 e. The summed E-state index contributed by atoms with van der Waals surface area (Å²) in [7, 11) is 0. The lowest BCUT2D eigenvalue weighted by atomic mass is 10.2. The van der Waals surface area contributed by atoms with Crippen molar-refractivity contribution in [3.63, 3.8) is 0 Å². The van der Waals surface area contributed by atoms with Crippen molar-refractivity contribution in [3.05, 3.63) is 52.7 Å². The van der Waals surface area contributed by atoms with Gasteiger partial charge in [-0.2, -0.15) is 0 Å². The highest BCUT2D eigenvalue weighted by Gasteiger charge is 2.14. The highest BCUT2D eigenvalue weighted by Crippen LogP contribution is 2.29. The maximum Gasteiger partial charge on any atom is 0.242 e. The smallest absolute Gasteiger partial charge is 0.242 e. The Bertz CT molecular complexity index is 891. The van der Waals surface area contributed by atoms with E-state index in [1.54, 1.807) is 11.3 Å². The van der Waals surface area contributed by atoms with E-state index < -0.39 is 0 Å². The van der Waals surface area contributed by atoms with Gasteiger partial charge in [0, 0.05) is 18.0 Å². The van der Waals surface area contributed by atoms with Gasteiger partial charge in [-0.15, -0.1) is 11.3 Å². The number of carbonyl (C=O) groups is 1. The quantitative estimate of drug-likeness (QED) is 0.684. The van der Waals surface area contributed by atoms with Crippen LogP contribution in [0.15, 0.2) is 36.4 Å². The van der Waals surface area contributed by atoms with Crippen molar-refractivity contribution in [1.82, 2.24) is 14.9 Å². The monoisotopic (exact) mass is 368 g/mol. The fourth-order valence-corrected chi connectivity index (χ4v) is 3.85. The number of hydrogen-bond acceptors (Lipinski definition) is 5. The molecule has 0 atom stereocenters. The van der Waals surface area contributed by atoms with E-state index >= 15 is 0 Å².